The fourth-order valence-electron chi connectivity index (χ4n) is 4.53. The molecule has 0 radical (unpaired) electrons. The first-order valence-electron chi connectivity index (χ1n) is 11.1. The summed E-state index contributed by atoms with van der Waals surface area (Å²) in [7, 11) is 1.69. The summed E-state index contributed by atoms with van der Waals surface area (Å²) in [6.07, 6.45) is 0. The van der Waals surface area contributed by atoms with Crippen LogP contribution in [0.4, 0.5) is 11.4 Å². The van der Waals surface area contributed by atoms with E-state index in [-0.39, 0.29) is 12.1 Å². The van der Waals surface area contributed by atoms with Gasteiger partial charge in [-0.15, -0.1) is 0 Å². The van der Waals surface area contributed by atoms with E-state index in [0.717, 1.165) is 29.4 Å². The summed E-state index contributed by atoms with van der Waals surface area (Å²) in [5.74, 6) is 1.77. The fraction of sp³-hybridized carbons (Fsp3) is 0.214. The van der Waals surface area contributed by atoms with Gasteiger partial charge in [-0.2, -0.15) is 0 Å². The van der Waals surface area contributed by atoms with Crippen LogP contribution >= 0.6 is 0 Å². The van der Waals surface area contributed by atoms with Crippen molar-refractivity contribution in [2.75, 3.05) is 25.2 Å². The molecule has 1 aliphatic heterocycles. The van der Waals surface area contributed by atoms with Crippen LogP contribution in [-0.4, -0.2) is 26.3 Å². The molecule has 1 aliphatic rings. The molecule has 4 heteroatoms. The Morgan fingerprint density at radius 2 is 1.69 bits per heavy atom. The van der Waals surface area contributed by atoms with E-state index in [2.05, 4.69) is 83.9 Å². The van der Waals surface area contributed by atoms with Crippen LogP contribution in [0.25, 0.3) is 10.8 Å². The number of nitrogens with one attached hydrogen (secondary N) is 1. The molecule has 2 atom stereocenters. The lowest BCUT2D eigenvalue weighted by molar-refractivity contribution is 0.264. The number of rotatable bonds is 6. The maximum atomic E-state index is 6.13. The van der Waals surface area contributed by atoms with Crippen molar-refractivity contribution in [3.05, 3.63) is 96.6 Å². The Kier molecular flexibility index (Phi) is 5.70. The van der Waals surface area contributed by atoms with Crippen molar-refractivity contribution in [1.29, 1.82) is 0 Å². The second-order valence-electron chi connectivity index (χ2n) is 8.20. The molecule has 1 N–H and O–H groups in total. The Balaban J connectivity index is 1.41. The Hall–Kier alpha value is -3.50. The van der Waals surface area contributed by atoms with Gasteiger partial charge in [0, 0.05) is 18.3 Å². The molecular formula is C28H28N2O2. The zero-order valence-electron chi connectivity index (χ0n) is 18.5. The summed E-state index contributed by atoms with van der Waals surface area (Å²) in [5.41, 5.74) is 3.54. The van der Waals surface area contributed by atoms with Crippen molar-refractivity contribution in [3.8, 4) is 11.5 Å². The van der Waals surface area contributed by atoms with E-state index in [0.29, 0.717) is 6.61 Å². The molecule has 0 saturated heterocycles. The molecule has 0 aromatic heterocycles. The zero-order chi connectivity index (χ0) is 21.9. The van der Waals surface area contributed by atoms with Gasteiger partial charge in [0.15, 0.2) is 0 Å². The van der Waals surface area contributed by atoms with E-state index >= 15 is 0 Å². The minimum Gasteiger partial charge on any atom is -0.497 e. The van der Waals surface area contributed by atoms with E-state index in [9.17, 15) is 0 Å². The lowest BCUT2D eigenvalue weighted by Crippen LogP contribution is -2.46. The minimum atomic E-state index is 0.163. The zero-order valence-corrected chi connectivity index (χ0v) is 18.5. The SMILES string of the molecule is COc1ccc(N2c3ccccc3OCC2CNC(C)c2cccc3ccccc23)cc1. The number of hydrogen-bond acceptors (Lipinski definition) is 4. The van der Waals surface area contributed by atoms with Crippen molar-refractivity contribution in [1.82, 2.24) is 5.32 Å². The monoisotopic (exact) mass is 424 g/mol. The van der Waals surface area contributed by atoms with E-state index in [1.165, 1.54) is 16.3 Å². The molecule has 2 unspecified atom stereocenters. The molecule has 4 aromatic carbocycles. The average molecular weight is 425 g/mol. The smallest absolute Gasteiger partial charge is 0.143 e. The third-order valence-corrected chi connectivity index (χ3v) is 6.22. The fourth-order valence-corrected chi connectivity index (χ4v) is 4.53. The van der Waals surface area contributed by atoms with Crippen LogP contribution in [0, 0.1) is 0 Å². The van der Waals surface area contributed by atoms with Crippen LogP contribution in [-0.2, 0) is 0 Å². The number of nitrogens with zero attached hydrogens (tertiary/aromatic N) is 1. The van der Waals surface area contributed by atoms with Crippen molar-refractivity contribution in [2.45, 2.75) is 19.0 Å². The van der Waals surface area contributed by atoms with E-state index in [1.807, 2.05) is 24.3 Å². The molecule has 1 heterocycles. The molecule has 32 heavy (non-hydrogen) atoms. The Labute approximate surface area is 189 Å². The first-order valence-corrected chi connectivity index (χ1v) is 11.1. The van der Waals surface area contributed by atoms with Gasteiger partial charge in [0.2, 0.25) is 0 Å². The van der Waals surface area contributed by atoms with E-state index < -0.39 is 0 Å². The van der Waals surface area contributed by atoms with Gasteiger partial charge >= 0.3 is 0 Å². The van der Waals surface area contributed by atoms with Gasteiger partial charge < -0.3 is 19.7 Å². The Morgan fingerprint density at radius 3 is 2.53 bits per heavy atom. The van der Waals surface area contributed by atoms with Crippen molar-refractivity contribution in [2.24, 2.45) is 0 Å². The number of hydrogen-bond donors (Lipinski definition) is 1. The molecule has 5 rings (SSSR count). The molecule has 4 nitrogen and oxygen atoms in total. The predicted octanol–water partition coefficient (Wildman–Crippen LogP) is 6.10. The Morgan fingerprint density at radius 1 is 0.938 bits per heavy atom. The average Bonchev–Trinajstić information content (AvgIpc) is 2.86. The standard InChI is InChI=1S/C28H28N2O2/c1-20(25-11-7-9-21-8-3-4-10-26(21)25)29-18-23-19-32-28-13-6-5-12-27(28)30(23)22-14-16-24(31-2)17-15-22/h3-17,20,23,29H,18-19H2,1-2H3. The van der Waals surface area contributed by atoms with E-state index in [1.54, 1.807) is 7.11 Å². The Bertz CT molecular complexity index is 1200. The molecule has 0 spiro atoms. The van der Waals surface area contributed by atoms with Gasteiger partial charge in [0.05, 0.1) is 18.8 Å². The van der Waals surface area contributed by atoms with Crippen LogP contribution in [0.2, 0.25) is 0 Å². The van der Waals surface area contributed by atoms with Crippen LogP contribution < -0.4 is 19.7 Å². The van der Waals surface area contributed by atoms with Crippen molar-refractivity contribution < 1.29 is 9.47 Å². The number of fused-ring (bicyclic) bond motifs is 2. The summed E-state index contributed by atoms with van der Waals surface area (Å²) in [6.45, 7) is 3.65. The largest absolute Gasteiger partial charge is 0.497 e. The molecule has 0 bridgehead atoms. The number of para-hydroxylation sites is 2. The third-order valence-electron chi connectivity index (χ3n) is 6.22. The van der Waals surface area contributed by atoms with Crippen LogP contribution in [0.5, 0.6) is 11.5 Å². The normalized spacial score (nSPS) is 16.3. The molecule has 162 valence electrons. The second kappa shape index (κ2) is 8.93. The second-order valence-corrected chi connectivity index (χ2v) is 8.20. The molecule has 4 aromatic rings. The molecule has 0 fully saturated rings. The highest BCUT2D eigenvalue weighted by molar-refractivity contribution is 5.86. The first-order chi connectivity index (χ1) is 15.7. The van der Waals surface area contributed by atoms with Crippen LogP contribution in [0.1, 0.15) is 18.5 Å². The molecule has 0 amide bonds. The molecule has 0 saturated carbocycles. The molecule has 0 aliphatic carbocycles. The maximum absolute atomic E-state index is 6.13. The van der Waals surface area contributed by atoms with E-state index in [4.69, 9.17) is 9.47 Å². The van der Waals surface area contributed by atoms with Gasteiger partial charge in [-0.05, 0) is 59.7 Å². The topological polar surface area (TPSA) is 33.7 Å². The predicted molar refractivity (Wildman–Crippen MR) is 131 cm³/mol. The minimum absolute atomic E-state index is 0.163. The summed E-state index contributed by atoms with van der Waals surface area (Å²) in [5, 5.41) is 6.34. The van der Waals surface area contributed by atoms with Crippen LogP contribution in [0.3, 0.4) is 0 Å². The lowest BCUT2D eigenvalue weighted by Gasteiger charge is -2.39. The van der Waals surface area contributed by atoms with Crippen LogP contribution in [0.15, 0.2) is 91.0 Å². The number of ether oxygens (including phenoxy) is 2. The summed E-state index contributed by atoms with van der Waals surface area (Å²) in [6, 6.07) is 32.0. The number of benzene rings is 4. The summed E-state index contributed by atoms with van der Waals surface area (Å²) >= 11 is 0. The van der Waals surface area contributed by atoms with Gasteiger partial charge in [-0.25, -0.2) is 0 Å². The maximum Gasteiger partial charge on any atom is 0.143 e. The number of methoxy groups -OCH3 is 1. The van der Waals surface area contributed by atoms with Crippen molar-refractivity contribution in [3.63, 3.8) is 0 Å². The third kappa shape index (κ3) is 3.90. The highest BCUT2D eigenvalue weighted by atomic mass is 16.5. The summed E-state index contributed by atoms with van der Waals surface area (Å²) < 4.78 is 11.5. The van der Waals surface area contributed by atoms with Gasteiger partial charge in [-0.1, -0.05) is 54.6 Å². The quantitative estimate of drug-likeness (QED) is 0.406. The van der Waals surface area contributed by atoms with Crippen molar-refractivity contribution >= 4 is 22.1 Å². The first kappa shape index (κ1) is 20.4. The van der Waals surface area contributed by atoms with Gasteiger partial charge in [-0.3, -0.25) is 0 Å². The van der Waals surface area contributed by atoms with Gasteiger partial charge in [0.25, 0.3) is 0 Å². The molecular weight excluding hydrogens is 396 g/mol. The highest BCUT2D eigenvalue weighted by Crippen LogP contribution is 2.39. The number of anilines is 2. The van der Waals surface area contributed by atoms with Gasteiger partial charge in [0.1, 0.15) is 18.1 Å². The summed E-state index contributed by atoms with van der Waals surface area (Å²) in [4.78, 5) is 2.38. The highest BCUT2D eigenvalue weighted by Gasteiger charge is 2.29. The lowest BCUT2D eigenvalue weighted by atomic mass is 9.99.